The molecule has 1 aromatic rings. The predicted octanol–water partition coefficient (Wildman–Crippen LogP) is 0.345. The zero-order valence-electron chi connectivity index (χ0n) is 15.1. The number of ether oxygens (including phenoxy) is 1. The Morgan fingerprint density at radius 2 is 1.88 bits per heavy atom. The first-order valence-corrected chi connectivity index (χ1v) is 10.5. The largest absolute Gasteiger partial charge is 0.373 e. The summed E-state index contributed by atoms with van der Waals surface area (Å²) >= 11 is 0. The fourth-order valence-corrected chi connectivity index (χ4v) is 5.36. The lowest BCUT2D eigenvalue weighted by Gasteiger charge is -2.36. The van der Waals surface area contributed by atoms with E-state index < -0.39 is 15.9 Å². The first kappa shape index (κ1) is 18.8. The molecule has 2 aliphatic heterocycles. The van der Waals surface area contributed by atoms with Crippen LogP contribution in [-0.4, -0.2) is 80.9 Å². The Labute approximate surface area is 153 Å². The molecule has 2 atom stereocenters. The number of fused-ring (bicyclic) bond motifs is 1. The first-order chi connectivity index (χ1) is 12.3. The van der Waals surface area contributed by atoms with Crippen molar-refractivity contribution in [1.82, 2.24) is 9.80 Å². The van der Waals surface area contributed by atoms with Gasteiger partial charge in [-0.15, -0.1) is 0 Å². The Kier molecular flexibility index (Phi) is 5.34. The third kappa shape index (κ3) is 4.07. The lowest BCUT2D eigenvalue weighted by Crippen LogP contribution is -2.53. The van der Waals surface area contributed by atoms with Crippen LogP contribution < -0.4 is 0 Å². The van der Waals surface area contributed by atoms with E-state index in [1.165, 1.54) is 4.90 Å². The molecule has 142 valence electrons. The van der Waals surface area contributed by atoms with Crippen LogP contribution in [0.4, 0.5) is 0 Å². The van der Waals surface area contributed by atoms with Crippen molar-refractivity contribution >= 4 is 21.7 Å². The Bertz CT molecular complexity index is 788. The second-order valence-electron chi connectivity index (χ2n) is 7.04. The number of benzene rings is 1. The molecule has 0 aliphatic carbocycles. The number of carbonyl (C=O) groups is 2. The predicted molar refractivity (Wildman–Crippen MR) is 96.7 cm³/mol. The highest BCUT2D eigenvalue weighted by Gasteiger charge is 2.45. The van der Waals surface area contributed by atoms with Crippen molar-refractivity contribution in [3.8, 4) is 0 Å². The molecule has 0 bridgehead atoms. The minimum absolute atomic E-state index is 0.00279. The standard InChI is InChI=1S/C18H24N2O5S/c1-19(2)18(22)14-6-3-13(4-7-14)5-8-17(21)20-9-10-25-16-12-26(23,24)11-15(16)20/h3-4,6-7,15-16H,5,8-12H2,1-2H3. The van der Waals surface area contributed by atoms with Gasteiger partial charge in [-0.1, -0.05) is 12.1 Å². The molecule has 3 rings (SSSR count). The maximum absolute atomic E-state index is 12.6. The van der Waals surface area contributed by atoms with Crippen molar-refractivity contribution in [1.29, 1.82) is 0 Å². The number of hydrogen-bond donors (Lipinski definition) is 0. The summed E-state index contributed by atoms with van der Waals surface area (Å²) in [5.41, 5.74) is 1.58. The molecular weight excluding hydrogens is 356 g/mol. The van der Waals surface area contributed by atoms with E-state index in [2.05, 4.69) is 0 Å². The van der Waals surface area contributed by atoms with E-state index in [-0.39, 0.29) is 29.4 Å². The van der Waals surface area contributed by atoms with Crippen molar-refractivity contribution in [3.63, 3.8) is 0 Å². The topological polar surface area (TPSA) is 84.0 Å². The van der Waals surface area contributed by atoms with Crippen LogP contribution in [0, 0.1) is 0 Å². The van der Waals surface area contributed by atoms with Gasteiger partial charge in [0.25, 0.3) is 5.91 Å². The van der Waals surface area contributed by atoms with Gasteiger partial charge in [0.1, 0.15) is 0 Å². The quantitative estimate of drug-likeness (QED) is 0.752. The minimum atomic E-state index is -3.14. The van der Waals surface area contributed by atoms with E-state index in [0.29, 0.717) is 31.6 Å². The number of morpholine rings is 1. The van der Waals surface area contributed by atoms with Gasteiger partial charge in [0.15, 0.2) is 9.84 Å². The molecule has 1 aromatic carbocycles. The fraction of sp³-hybridized carbons (Fsp3) is 0.556. The Hall–Kier alpha value is -1.93. The average Bonchev–Trinajstić information content (AvgIpc) is 2.93. The van der Waals surface area contributed by atoms with Gasteiger partial charge in [0, 0.05) is 32.6 Å². The third-order valence-electron chi connectivity index (χ3n) is 4.89. The van der Waals surface area contributed by atoms with E-state index >= 15 is 0 Å². The second kappa shape index (κ2) is 7.36. The van der Waals surface area contributed by atoms with Gasteiger partial charge in [-0.3, -0.25) is 9.59 Å². The second-order valence-corrected chi connectivity index (χ2v) is 9.19. The Balaban J connectivity index is 1.59. The molecule has 2 unspecified atom stereocenters. The molecule has 0 N–H and O–H groups in total. The summed E-state index contributed by atoms with van der Waals surface area (Å²) < 4.78 is 29.2. The van der Waals surface area contributed by atoms with Crippen molar-refractivity contribution in [3.05, 3.63) is 35.4 Å². The van der Waals surface area contributed by atoms with Gasteiger partial charge in [-0.2, -0.15) is 0 Å². The van der Waals surface area contributed by atoms with Crippen LogP contribution in [0.3, 0.4) is 0 Å². The molecule has 0 spiro atoms. The number of sulfone groups is 1. The van der Waals surface area contributed by atoms with Crippen LogP contribution in [0.25, 0.3) is 0 Å². The van der Waals surface area contributed by atoms with Crippen LogP contribution in [0.15, 0.2) is 24.3 Å². The molecule has 0 saturated carbocycles. The highest BCUT2D eigenvalue weighted by Crippen LogP contribution is 2.25. The zero-order chi connectivity index (χ0) is 18.9. The van der Waals surface area contributed by atoms with Crippen LogP contribution in [0.2, 0.25) is 0 Å². The Morgan fingerprint density at radius 1 is 1.19 bits per heavy atom. The molecule has 2 saturated heterocycles. The molecule has 7 nitrogen and oxygen atoms in total. The van der Waals surface area contributed by atoms with E-state index in [0.717, 1.165) is 5.56 Å². The van der Waals surface area contributed by atoms with E-state index in [4.69, 9.17) is 4.74 Å². The molecule has 2 heterocycles. The van der Waals surface area contributed by atoms with Crippen molar-refractivity contribution in [2.75, 3.05) is 38.8 Å². The fourth-order valence-electron chi connectivity index (χ4n) is 3.49. The average molecular weight is 380 g/mol. The molecule has 2 aliphatic rings. The summed E-state index contributed by atoms with van der Waals surface area (Å²) in [6.45, 7) is 0.815. The monoisotopic (exact) mass is 380 g/mol. The highest BCUT2D eigenvalue weighted by molar-refractivity contribution is 7.91. The molecule has 0 radical (unpaired) electrons. The number of hydrogen-bond acceptors (Lipinski definition) is 5. The van der Waals surface area contributed by atoms with E-state index in [1.54, 1.807) is 31.1 Å². The maximum Gasteiger partial charge on any atom is 0.253 e. The van der Waals surface area contributed by atoms with Gasteiger partial charge in [-0.25, -0.2) is 8.42 Å². The molecule has 2 fully saturated rings. The molecular formula is C18H24N2O5S. The van der Waals surface area contributed by atoms with Crippen LogP contribution in [0.1, 0.15) is 22.3 Å². The highest BCUT2D eigenvalue weighted by atomic mass is 32.2. The number of nitrogens with zero attached hydrogens (tertiary/aromatic N) is 2. The Morgan fingerprint density at radius 3 is 2.54 bits per heavy atom. The summed E-state index contributed by atoms with van der Waals surface area (Å²) in [4.78, 5) is 27.7. The number of aryl methyl sites for hydroxylation is 1. The molecule has 26 heavy (non-hydrogen) atoms. The van der Waals surface area contributed by atoms with E-state index in [9.17, 15) is 18.0 Å². The van der Waals surface area contributed by atoms with E-state index in [1.807, 2.05) is 12.1 Å². The number of amides is 2. The summed E-state index contributed by atoms with van der Waals surface area (Å²) in [5.74, 6) is -0.114. The summed E-state index contributed by atoms with van der Waals surface area (Å²) in [7, 11) is 0.267. The van der Waals surface area contributed by atoms with Gasteiger partial charge in [-0.05, 0) is 24.1 Å². The normalized spacial score (nSPS) is 24.2. The summed E-state index contributed by atoms with van der Waals surface area (Å²) in [6, 6.07) is 6.87. The van der Waals surface area contributed by atoms with Gasteiger partial charge >= 0.3 is 0 Å². The zero-order valence-corrected chi connectivity index (χ0v) is 15.9. The number of rotatable bonds is 4. The maximum atomic E-state index is 12.6. The molecule has 2 amide bonds. The number of carbonyl (C=O) groups excluding carboxylic acids is 2. The van der Waals surface area contributed by atoms with Gasteiger partial charge < -0.3 is 14.5 Å². The van der Waals surface area contributed by atoms with Gasteiger partial charge in [0.2, 0.25) is 5.91 Å². The van der Waals surface area contributed by atoms with Crippen LogP contribution in [0.5, 0.6) is 0 Å². The summed E-state index contributed by atoms with van der Waals surface area (Å²) in [5, 5.41) is 0. The SMILES string of the molecule is CN(C)C(=O)c1ccc(CCC(=O)N2CCOC3CS(=O)(=O)CC32)cc1. The lowest BCUT2D eigenvalue weighted by molar-refractivity contribution is -0.142. The smallest absolute Gasteiger partial charge is 0.253 e. The third-order valence-corrected chi connectivity index (χ3v) is 6.58. The van der Waals surface area contributed by atoms with Gasteiger partial charge in [0.05, 0.1) is 30.3 Å². The summed E-state index contributed by atoms with van der Waals surface area (Å²) in [6.07, 6.45) is 0.468. The first-order valence-electron chi connectivity index (χ1n) is 8.69. The molecule has 8 heteroatoms. The van der Waals surface area contributed by atoms with Crippen molar-refractivity contribution < 1.29 is 22.7 Å². The van der Waals surface area contributed by atoms with Crippen molar-refractivity contribution in [2.24, 2.45) is 0 Å². The molecule has 0 aromatic heterocycles. The minimum Gasteiger partial charge on any atom is -0.373 e. The van der Waals surface area contributed by atoms with Crippen molar-refractivity contribution in [2.45, 2.75) is 25.0 Å². The van der Waals surface area contributed by atoms with Crippen LogP contribution in [-0.2, 0) is 25.8 Å². The van der Waals surface area contributed by atoms with Crippen LogP contribution >= 0.6 is 0 Å². The lowest BCUT2D eigenvalue weighted by atomic mass is 10.0.